The first-order valence-corrected chi connectivity index (χ1v) is 9.67. The van der Waals surface area contributed by atoms with Gasteiger partial charge in [-0.3, -0.25) is 9.97 Å². The number of nitrogens with zero attached hydrogens (tertiary/aromatic N) is 3. The van der Waals surface area contributed by atoms with Crippen molar-refractivity contribution in [3.63, 3.8) is 0 Å². The standard InChI is InChI=1S/C11H18N2.C6H6N2.C5H12/c1-3-9-13(2)10-7-11-6-4-5-8-12-11;7-5-6-3-1-2-4-8-6;1-3-5-4-2/h4-6,8H,3,7,9-10H2,1-2H3;1-5,7H;3-5H2,1-2H3. The van der Waals surface area contributed by atoms with Crippen LogP contribution in [0.2, 0.25) is 0 Å². The van der Waals surface area contributed by atoms with Crippen molar-refractivity contribution < 1.29 is 0 Å². The predicted octanol–water partition coefficient (Wildman–Crippen LogP) is 5.24. The van der Waals surface area contributed by atoms with E-state index < -0.39 is 0 Å². The van der Waals surface area contributed by atoms with Crippen LogP contribution in [0.5, 0.6) is 0 Å². The summed E-state index contributed by atoms with van der Waals surface area (Å²) in [6.07, 6.45) is 11.1. The molecule has 0 amide bonds. The van der Waals surface area contributed by atoms with Crippen molar-refractivity contribution in [1.82, 2.24) is 14.9 Å². The molecule has 0 atom stereocenters. The summed E-state index contributed by atoms with van der Waals surface area (Å²) in [6.45, 7) is 8.90. The molecule has 0 aromatic carbocycles. The smallest absolute Gasteiger partial charge is 0.0805 e. The number of unbranched alkanes of at least 4 members (excludes halogenated alkanes) is 2. The zero-order valence-electron chi connectivity index (χ0n) is 17.0. The van der Waals surface area contributed by atoms with Gasteiger partial charge in [-0.25, -0.2) is 0 Å². The topological polar surface area (TPSA) is 52.9 Å². The monoisotopic (exact) mass is 356 g/mol. The van der Waals surface area contributed by atoms with Crippen LogP contribution in [0.3, 0.4) is 0 Å². The van der Waals surface area contributed by atoms with Gasteiger partial charge in [0, 0.05) is 37.3 Å². The summed E-state index contributed by atoms with van der Waals surface area (Å²) in [6, 6.07) is 11.6. The van der Waals surface area contributed by atoms with Gasteiger partial charge in [0.25, 0.3) is 0 Å². The van der Waals surface area contributed by atoms with E-state index >= 15 is 0 Å². The van der Waals surface area contributed by atoms with E-state index in [0.717, 1.165) is 13.0 Å². The van der Waals surface area contributed by atoms with Crippen LogP contribution < -0.4 is 0 Å². The van der Waals surface area contributed by atoms with Crippen molar-refractivity contribution in [3.8, 4) is 0 Å². The van der Waals surface area contributed by atoms with Gasteiger partial charge in [0.1, 0.15) is 0 Å². The maximum Gasteiger partial charge on any atom is 0.0805 e. The summed E-state index contributed by atoms with van der Waals surface area (Å²) in [4.78, 5) is 10.5. The lowest BCUT2D eigenvalue weighted by molar-refractivity contribution is 0.338. The highest BCUT2D eigenvalue weighted by Gasteiger charge is 1.97. The summed E-state index contributed by atoms with van der Waals surface area (Å²) in [5, 5.41) is 6.76. The lowest BCUT2D eigenvalue weighted by atomic mass is 10.2. The first-order valence-electron chi connectivity index (χ1n) is 9.67. The second kappa shape index (κ2) is 17.7. The fourth-order valence-electron chi connectivity index (χ4n) is 2.16. The third-order valence-corrected chi connectivity index (χ3v) is 3.62. The molecule has 2 heterocycles. The van der Waals surface area contributed by atoms with E-state index in [1.54, 1.807) is 12.3 Å². The highest BCUT2D eigenvalue weighted by Crippen LogP contribution is 1.96. The number of rotatable bonds is 8. The van der Waals surface area contributed by atoms with Crippen LogP contribution in [0.25, 0.3) is 0 Å². The summed E-state index contributed by atoms with van der Waals surface area (Å²) < 4.78 is 0. The van der Waals surface area contributed by atoms with Crippen LogP contribution in [0, 0.1) is 5.41 Å². The number of pyridine rings is 2. The third-order valence-electron chi connectivity index (χ3n) is 3.62. The van der Waals surface area contributed by atoms with Gasteiger partial charge in [-0.2, -0.15) is 0 Å². The Morgan fingerprint density at radius 1 is 0.885 bits per heavy atom. The molecule has 2 aromatic rings. The minimum atomic E-state index is 0.701. The molecule has 0 radical (unpaired) electrons. The Hall–Kier alpha value is -2.07. The van der Waals surface area contributed by atoms with E-state index in [2.05, 4.69) is 48.8 Å². The Bertz CT molecular complexity index is 526. The van der Waals surface area contributed by atoms with Crippen LogP contribution in [0.4, 0.5) is 0 Å². The van der Waals surface area contributed by atoms with E-state index in [0.29, 0.717) is 5.69 Å². The fraction of sp³-hybridized carbons (Fsp3) is 0.500. The molecule has 0 unspecified atom stereocenters. The first-order chi connectivity index (χ1) is 12.7. The Kier molecular flexibility index (Phi) is 16.3. The largest absolute Gasteiger partial charge is 0.307 e. The second-order valence-corrected chi connectivity index (χ2v) is 6.13. The quantitative estimate of drug-likeness (QED) is 0.658. The van der Waals surface area contributed by atoms with E-state index in [1.807, 2.05) is 30.5 Å². The van der Waals surface area contributed by atoms with Gasteiger partial charge in [-0.1, -0.05) is 52.2 Å². The molecular weight excluding hydrogens is 320 g/mol. The summed E-state index contributed by atoms with van der Waals surface area (Å²) >= 11 is 0. The Balaban J connectivity index is 0.000000409. The number of nitrogens with one attached hydrogen (secondary N) is 1. The molecule has 0 spiro atoms. The van der Waals surface area contributed by atoms with Gasteiger partial charge in [-0.15, -0.1) is 0 Å². The zero-order chi connectivity index (χ0) is 19.5. The second-order valence-electron chi connectivity index (χ2n) is 6.13. The molecule has 0 fully saturated rings. The molecule has 2 aromatic heterocycles. The Labute approximate surface area is 160 Å². The molecule has 0 aliphatic rings. The van der Waals surface area contributed by atoms with Gasteiger partial charge in [0.05, 0.1) is 5.69 Å². The van der Waals surface area contributed by atoms with E-state index in [9.17, 15) is 0 Å². The van der Waals surface area contributed by atoms with Crippen molar-refractivity contribution in [3.05, 3.63) is 60.2 Å². The van der Waals surface area contributed by atoms with Crippen molar-refractivity contribution in [1.29, 1.82) is 5.41 Å². The summed E-state index contributed by atoms with van der Waals surface area (Å²) in [5.74, 6) is 0. The molecule has 144 valence electrons. The first kappa shape index (κ1) is 23.9. The molecular formula is C22H36N4. The molecule has 0 bridgehead atoms. The summed E-state index contributed by atoms with van der Waals surface area (Å²) in [7, 11) is 2.16. The SMILES string of the molecule is CCCCC.CCCN(C)CCc1ccccn1.N=Cc1ccccn1. The molecule has 0 aliphatic carbocycles. The third kappa shape index (κ3) is 14.3. The van der Waals surface area contributed by atoms with Crippen molar-refractivity contribution in [2.24, 2.45) is 0 Å². The maximum atomic E-state index is 6.76. The summed E-state index contributed by atoms with van der Waals surface area (Å²) in [5.41, 5.74) is 1.89. The number of aromatic nitrogens is 2. The average Bonchev–Trinajstić information content (AvgIpc) is 2.70. The molecule has 0 saturated heterocycles. The van der Waals surface area contributed by atoms with E-state index in [1.165, 1.54) is 44.1 Å². The predicted molar refractivity (Wildman–Crippen MR) is 113 cm³/mol. The van der Waals surface area contributed by atoms with Gasteiger partial charge >= 0.3 is 0 Å². The van der Waals surface area contributed by atoms with Gasteiger partial charge < -0.3 is 10.3 Å². The molecule has 4 heteroatoms. The number of likely N-dealkylation sites (N-methyl/N-ethyl adjacent to an activating group) is 1. The molecule has 2 rings (SSSR count). The van der Waals surface area contributed by atoms with E-state index in [4.69, 9.17) is 5.41 Å². The van der Waals surface area contributed by atoms with Gasteiger partial charge in [0.15, 0.2) is 0 Å². The number of hydrogen-bond acceptors (Lipinski definition) is 4. The van der Waals surface area contributed by atoms with E-state index in [-0.39, 0.29) is 0 Å². The van der Waals surface area contributed by atoms with Crippen LogP contribution in [-0.4, -0.2) is 41.2 Å². The van der Waals surface area contributed by atoms with Crippen LogP contribution >= 0.6 is 0 Å². The normalized spacial score (nSPS) is 9.58. The maximum absolute atomic E-state index is 6.76. The molecule has 26 heavy (non-hydrogen) atoms. The molecule has 0 aliphatic heterocycles. The number of hydrogen-bond donors (Lipinski definition) is 1. The van der Waals surface area contributed by atoms with Crippen LogP contribution in [-0.2, 0) is 6.42 Å². The average molecular weight is 357 g/mol. The van der Waals surface area contributed by atoms with Gasteiger partial charge in [0.2, 0.25) is 0 Å². The van der Waals surface area contributed by atoms with Crippen LogP contribution in [0.15, 0.2) is 48.8 Å². The lowest BCUT2D eigenvalue weighted by Crippen LogP contribution is -2.22. The minimum Gasteiger partial charge on any atom is -0.307 e. The molecule has 0 saturated carbocycles. The minimum absolute atomic E-state index is 0.701. The zero-order valence-corrected chi connectivity index (χ0v) is 17.0. The molecule has 1 N–H and O–H groups in total. The van der Waals surface area contributed by atoms with Gasteiger partial charge in [-0.05, 0) is 44.3 Å². The van der Waals surface area contributed by atoms with Crippen molar-refractivity contribution in [2.45, 2.75) is 52.9 Å². The Morgan fingerprint density at radius 2 is 1.54 bits per heavy atom. The fourth-order valence-corrected chi connectivity index (χ4v) is 2.16. The lowest BCUT2D eigenvalue weighted by Gasteiger charge is -2.14. The van der Waals surface area contributed by atoms with Crippen LogP contribution in [0.1, 0.15) is 57.8 Å². The highest BCUT2D eigenvalue weighted by molar-refractivity contribution is 5.73. The van der Waals surface area contributed by atoms with Crippen molar-refractivity contribution in [2.75, 3.05) is 20.1 Å². The highest BCUT2D eigenvalue weighted by atomic mass is 15.1. The molecule has 4 nitrogen and oxygen atoms in total. The van der Waals surface area contributed by atoms with Crippen molar-refractivity contribution >= 4 is 6.21 Å². The Morgan fingerprint density at radius 3 is 1.92 bits per heavy atom.